The van der Waals surface area contributed by atoms with Gasteiger partial charge in [0.25, 0.3) is 0 Å². The summed E-state index contributed by atoms with van der Waals surface area (Å²) >= 11 is 0.891. The molecule has 206 valence electrons. The maximum absolute atomic E-state index is 12.0. The molecular weight excluding hydrogens is 526 g/mol. The monoisotopic (exact) mass is 559 g/mol. The van der Waals surface area contributed by atoms with Crippen molar-refractivity contribution in [2.45, 2.75) is 56.6 Å². The van der Waals surface area contributed by atoms with Gasteiger partial charge in [-0.1, -0.05) is 24.6 Å². The van der Waals surface area contributed by atoms with Gasteiger partial charge in [0.2, 0.25) is 17.0 Å². The topological polar surface area (TPSA) is 212 Å². The highest BCUT2D eigenvalue weighted by Gasteiger charge is 2.47. The van der Waals surface area contributed by atoms with E-state index < -0.39 is 39.5 Å². The molecule has 0 aliphatic carbocycles. The van der Waals surface area contributed by atoms with Crippen molar-refractivity contribution in [3.05, 3.63) is 6.33 Å². The Kier molecular flexibility index (Phi) is 10.1. The number of imidazole rings is 1. The lowest BCUT2D eigenvalue weighted by Gasteiger charge is -2.16. The number of anilines is 2. The van der Waals surface area contributed by atoms with Crippen molar-refractivity contribution in [3.8, 4) is 0 Å². The van der Waals surface area contributed by atoms with E-state index in [1.54, 1.807) is 6.26 Å². The van der Waals surface area contributed by atoms with E-state index in [-0.39, 0.29) is 34.6 Å². The van der Waals surface area contributed by atoms with Gasteiger partial charge in [0.1, 0.15) is 27.6 Å². The minimum atomic E-state index is -2.94. The van der Waals surface area contributed by atoms with Gasteiger partial charge in [-0.15, -0.1) is 0 Å². The van der Waals surface area contributed by atoms with Gasteiger partial charge in [-0.3, -0.25) is 14.2 Å². The first-order valence-electron chi connectivity index (χ1n) is 11.8. The van der Waals surface area contributed by atoms with Crippen molar-refractivity contribution in [2.75, 3.05) is 42.4 Å². The fraction of sp³-hybridized carbons (Fsp3) is 0.667. The van der Waals surface area contributed by atoms with Gasteiger partial charge in [-0.25, -0.2) is 13.4 Å². The lowest BCUT2D eigenvalue weighted by molar-refractivity contribution is -0.126. The van der Waals surface area contributed by atoms with E-state index in [0.29, 0.717) is 32.4 Å². The number of aromatic nitrogens is 4. The number of nitrogens with one attached hydrogen (secondary N) is 2. The van der Waals surface area contributed by atoms with Crippen LogP contribution in [-0.2, 0) is 24.2 Å². The van der Waals surface area contributed by atoms with Crippen LogP contribution < -0.4 is 16.4 Å². The van der Waals surface area contributed by atoms with Crippen molar-refractivity contribution in [2.24, 2.45) is 0 Å². The summed E-state index contributed by atoms with van der Waals surface area (Å²) in [4.78, 5) is 36.7. The van der Waals surface area contributed by atoms with Crippen LogP contribution in [0.15, 0.2) is 6.33 Å². The van der Waals surface area contributed by atoms with Crippen LogP contribution in [-0.4, -0.2) is 98.8 Å². The molecule has 0 unspecified atom stereocenters. The smallest absolute Gasteiger partial charge is 0.226 e. The molecular formula is C21H33N7O7S2. The van der Waals surface area contributed by atoms with Gasteiger partial charge < -0.3 is 31.3 Å². The van der Waals surface area contributed by atoms with E-state index in [1.165, 1.54) is 17.2 Å². The fourth-order valence-electron chi connectivity index (χ4n) is 3.87. The van der Waals surface area contributed by atoms with E-state index in [0.717, 1.165) is 24.6 Å². The number of hydrogen-bond acceptors (Lipinski definition) is 13. The normalized spacial score (nSPS) is 21.8. The second-order valence-electron chi connectivity index (χ2n) is 8.78. The highest BCUT2D eigenvalue weighted by Crippen LogP contribution is 2.34. The van der Waals surface area contributed by atoms with Crippen LogP contribution in [0.3, 0.4) is 0 Å². The lowest BCUT2D eigenvalue weighted by Crippen LogP contribution is -2.34. The third kappa shape index (κ3) is 7.73. The Balaban J connectivity index is 1.51. The average Bonchev–Trinajstić information content (AvgIpc) is 3.39. The van der Waals surface area contributed by atoms with Crippen LogP contribution in [0.1, 0.15) is 38.3 Å². The van der Waals surface area contributed by atoms with Gasteiger partial charge in [0.05, 0.1) is 6.33 Å². The van der Waals surface area contributed by atoms with Crippen LogP contribution in [0.2, 0.25) is 0 Å². The van der Waals surface area contributed by atoms with Crippen molar-refractivity contribution in [3.63, 3.8) is 0 Å². The number of fused-ring (bicyclic) bond motifs is 1. The van der Waals surface area contributed by atoms with E-state index in [1.807, 2.05) is 0 Å². The average molecular weight is 560 g/mol. The number of nitrogens with two attached hydrogens (primary N) is 1. The maximum Gasteiger partial charge on any atom is 0.226 e. The fourth-order valence-corrected chi connectivity index (χ4v) is 5.03. The molecule has 0 spiro atoms. The molecule has 1 fully saturated rings. The largest absolute Gasteiger partial charge is 0.387 e. The molecule has 16 heteroatoms. The standard InChI is InChI=1S/C21H33N7O7S2/c1-36-20(32)16-14(30)15(31)19(35-16)28-11-25-13-17(22)26-21(27-18(13)28)24-9-8-23-12(29)7-5-3-4-6-10-37(2,33)34/h11,14-16,19,30-31H,3-10H2,1-2H3,(H,23,29)(H3,22,24,26,27)/t14-,15+,16-,19+/m0/s1. The SMILES string of the molecule is CSC(=O)[C@H]1O[C@@H](n2cnc3c(N)nc(NCCNC(=O)CCCCCCS(C)(=O)=O)nc32)[C@H](O)[C@@H]1O. The van der Waals surface area contributed by atoms with Crippen molar-refractivity contribution in [1.29, 1.82) is 0 Å². The molecule has 3 heterocycles. The lowest BCUT2D eigenvalue weighted by atomic mass is 10.1. The number of thioether (sulfide) groups is 1. The minimum absolute atomic E-state index is 0.0796. The van der Waals surface area contributed by atoms with E-state index in [4.69, 9.17) is 10.5 Å². The molecule has 4 atom stereocenters. The maximum atomic E-state index is 12.0. The van der Waals surface area contributed by atoms with E-state index >= 15 is 0 Å². The molecule has 1 aliphatic rings. The summed E-state index contributed by atoms with van der Waals surface area (Å²) in [7, 11) is -2.94. The Morgan fingerprint density at radius 2 is 1.89 bits per heavy atom. The first-order chi connectivity index (χ1) is 17.5. The number of aliphatic hydroxyl groups excluding tert-OH is 2. The van der Waals surface area contributed by atoms with E-state index in [9.17, 15) is 28.2 Å². The molecule has 1 saturated heterocycles. The zero-order valence-electron chi connectivity index (χ0n) is 20.7. The van der Waals surface area contributed by atoms with Gasteiger partial charge in [-0.2, -0.15) is 9.97 Å². The molecule has 1 aliphatic heterocycles. The number of rotatable bonds is 13. The number of nitrogens with zero attached hydrogens (tertiary/aromatic N) is 4. The van der Waals surface area contributed by atoms with E-state index in [2.05, 4.69) is 25.6 Å². The quantitative estimate of drug-likeness (QED) is 0.195. The summed E-state index contributed by atoms with van der Waals surface area (Å²) in [6.45, 7) is 0.618. The number of nitrogen functional groups attached to an aromatic ring is 1. The Hall–Kier alpha value is -2.53. The Morgan fingerprint density at radius 3 is 2.59 bits per heavy atom. The van der Waals surface area contributed by atoms with Gasteiger partial charge >= 0.3 is 0 Å². The number of hydrogen-bond donors (Lipinski definition) is 5. The van der Waals surface area contributed by atoms with Crippen LogP contribution in [0.5, 0.6) is 0 Å². The molecule has 37 heavy (non-hydrogen) atoms. The number of ether oxygens (including phenoxy) is 1. The Morgan fingerprint density at radius 1 is 1.16 bits per heavy atom. The molecule has 14 nitrogen and oxygen atoms in total. The zero-order valence-corrected chi connectivity index (χ0v) is 22.3. The van der Waals surface area contributed by atoms with Crippen LogP contribution in [0.4, 0.5) is 11.8 Å². The number of amides is 1. The molecule has 2 aromatic heterocycles. The van der Waals surface area contributed by atoms with Crippen molar-refractivity contribution >= 4 is 55.6 Å². The number of carbonyl (C=O) groups excluding carboxylic acids is 2. The van der Waals surface area contributed by atoms with Crippen LogP contribution in [0.25, 0.3) is 11.2 Å². The zero-order chi connectivity index (χ0) is 27.2. The highest BCUT2D eigenvalue weighted by molar-refractivity contribution is 8.13. The predicted octanol–water partition coefficient (Wildman–Crippen LogP) is -0.559. The molecule has 2 aromatic rings. The third-order valence-electron chi connectivity index (χ3n) is 5.79. The van der Waals surface area contributed by atoms with Crippen molar-refractivity contribution in [1.82, 2.24) is 24.8 Å². The number of carbonyl (C=O) groups is 2. The summed E-state index contributed by atoms with van der Waals surface area (Å²) in [5.41, 5.74) is 6.52. The summed E-state index contributed by atoms with van der Waals surface area (Å²) in [5.74, 6) is 0.296. The second kappa shape index (κ2) is 12.8. The number of unbranched alkanes of at least 4 members (excludes halogenated alkanes) is 3. The Labute approximate surface area is 218 Å². The molecule has 1 amide bonds. The summed E-state index contributed by atoms with van der Waals surface area (Å²) < 4.78 is 29.2. The number of aliphatic hydroxyl groups is 2. The molecule has 6 N–H and O–H groups in total. The van der Waals surface area contributed by atoms with Crippen LogP contribution in [0, 0.1) is 0 Å². The predicted molar refractivity (Wildman–Crippen MR) is 138 cm³/mol. The molecule has 0 aromatic carbocycles. The molecule has 0 saturated carbocycles. The highest BCUT2D eigenvalue weighted by atomic mass is 32.2. The Bertz CT molecular complexity index is 1210. The first-order valence-corrected chi connectivity index (χ1v) is 15.1. The van der Waals surface area contributed by atoms with Crippen molar-refractivity contribution < 1.29 is 33.0 Å². The molecule has 0 bridgehead atoms. The third-order valence-corrected chi connectivity index (χ3v) is 7.46. The summed E-state index contributed by atoms with van der Waals surface area (Å²) in [6.07, 6.45) is 2.19. The minimum Gasteiger partial charge on any atom is -0.387 e. The van der Waals surface area contributed by atoms with Crippen LogP contribution >= 0.6 is 11.8 Å². The van der Waals surface area contributed by atoms with Gasteiger partial charge in [0.15, 0.2) is 23.8 Å². The summed E-state index contributed by atoms with van der Waals surface area (Å²) in [5, 5.41) is 26.1. The molecule has 3 rings (SSSR count). The second-order valence-corrected chi connectivity index (χ2v) is 11.8. The molecule has 0 radical (unpaired) electrons. The number of sulfone groups is 1. The summed E-state index contributed by atoms with van der Waals surface area (Å²) in [6, 6.07) is 0. The van der Waals surface area contributed by atoms with Gasteiger partial charge in [-0.05, 0) is 19.1 Å². The van der Waals surface area contributed by atoms with Gasteiger partial charge in [0, 0.05) is 31.5 Å². The first kappa shape index (κ1) is 29.0.